The second-order valence-electron chi connectivity index (χ2n) is 3.20. The number of hydrogen-bond donors (Lipinski definition) is 1. The molecule has 1 atom stereocenters. The molecule has 0 amide bonds. The normalized spacial score (nSPS) is 22.3. The Labute approximate surface area is 101 Å². The van der Waals surface area contributed by atoms with Gasteiger partial charge in [0.15, 0.2) is 0 Å². The largest absolute Gasteiger partial charge is 0.387 e. The molecule has 78 valence electrons. The van der Waals surface area contributed by atoms with Crippen LogP contribution in [-0.2, 0) is 0 Å². The number of halogens is 1. The van der Waals surface area contributed by atoms with Gasteiger partial charge < -0.3 is 5.11 Å². The van der Waals surface area contributed by atoms with E-state index in [0.29, 0.717) is 0 Å². The van der Waals surface area contributed by atoms with Crippen LogP contribution in [0.2, 0.25) is 0 Å². The van der Waals surface area contributed by atoms with E-state index >= 15 is 0 Å². The van der Waals surface area contributed by atoms with E-state index in [2.05, 4.69) is 25.6 Å². The lowest BCUT2D eigenvalue weighted by atomic mass is 10.2. The fraction of sp³-hybridized carbons (Fsp3) is 0.556. The summed E-state index contributed by atoms with van der Waals surface area (Å²) in [4.78, 5) is 0. The van der Waals surface area contributed by atoms with E-state index in [1.54, 1.807) is 23.3 Å². The summed E-state index contributed by atoms with van der Waals surface area (Å²) in [6, 6.07) is 2.03. The van der Waals surface area contributed by atoms with Gasteiger partial charge in [0, 0.05) is 24.0 Å². The monoisotopic (exact) mass is 293 g/mol. The molecule has 1 unspecified atom stereocenters. The standard InChI is InChI=1S/C9H12BrNOS2/c10-3-1-4-11-6-8(12)7-2-5-13-9(7)14-11/h2,5,8,12H,1,3-4,6H2. The molecular formula is C9H12BrNOS2. The van der Waals surface area contributed by atoms with Crippen molar-refractivity contribution >= 4 is 39.2 Å². The number of rotatable bonds is 3. The molecule has 0 spiro atoms. The topological polar surface area (TPSA) is 23.5 Å². The maximum absolute atomic E-state index is 9.86. The second kappa shape index (κ2) is 4.99. The first-order valence-electron chi connectivity index (χ1n) is 4.55. The maximum Gasteiger partial charge on any atom is 0.0945 e. The van der Waals surface area contributed by atoms with Crippen molar-refractivity contribution in [2.24, 2.45) is 0 Å². The quantitative estimate of drug-likeness (QED) is 0.685. The minimum atomic E-state index is -0.298. The van der Waals surface area contributed by atoms with Gasteiger partial charge in [-0.1, -0.05) is 15.9 Å². The fourth-order valence-corrected chi connectivity index (χ4v) is 4.01. The highest BCUT2D eigenvalue weighted by molar-refractivity contribution is 9.09. The Morgan fingerprint density at radius 1 is 1.64 bits per heavy atom. The minimum Gasteiger partial charge on any atom is -0.387 e. The molecule has 5 heteroatoms. The Kier molecular flexibility index (Phi) is 3.90. The lowest BCUT2D eigenvalue weighted by molar-refractivity contribution is 0.145. The highest BCUT2D eigenvalue weighted by atomic mass is 79.9. The lowest BCUT2D eigenvalue weighted by Gasteiger charge is -2.28. The molecule has 1 aromatic rings. The Morgan fingerprint density at radius 2 is 2.50 bits per heavy atom. The molecule has 0 aromatic carbocycles. The number of aliphatic hydroxyl groups is 1. The van der Waals surface area contributed by atoms with E-state index in [-0.39, 0.29) is 6.10 Å². The van der Waals surface area contributed by atoms with Crippen LogP contribution in [0, 0.1) is 0 Å². The van der Waals surface area contributed by atoms with Crippen LogP contribution in [0.15, 0.2) is 15.7 Å². The predicted octanol–water partition coefficient (Wildman–Crippen LogP) is 2.89. The smallest absolute Gasteiger partial charge is 0.0945 e. The number of alkyl halides is 1. The number of nitrogens with zero attached hydrogens (tertiary/aromatic N) is 1. The van der Waals surface area contributed by atoms with Gasteiger partial charge in [-0.15, -0.1) is 11.3 Å². The van der Waals surface area contributed by atoms with Gasteiger partial charge in [-0.05, 0) is 29.8 Å². The van der Waals surface area contributed by atoms with Crippen LogP contribution >= 0.6 is 39.2 Å². The van der Waals surface area contributed by atoms with Crippen LogP contribution in [-0.4, -0.2) is 27.8 Å². The molecule has 0 bridgehead atoms. The molecule has 2 heterocycles. The van der Waals surface area contributed by atoms with Gasteiger partial charge in [0.05, 0.1) is 10.3 Å². The molecule has 1 aliphatic heterocycles. The summed E-state index contributed by atoms with van der Waals surface area (Å²) >= 11 is 6.91. The van der Waals surface area contributed by atoms with Crippen molar-refractivity contribution in [1.82, 2.24) is 4.31 Å². The first kappa shape index (κ1) is 11.0. The van der Waals surface area contributed by atoms with E-state index < -0.39 is 0 Å². The third-order valence-corrected chi connectivity index (χ3v) is 4.93. The number of fused-ring (bicyclic) bond motifs is 1. The molecule has 1 aliphatic rings. The van der Waals surface area contributed by atoms with E-state index in [9.17, 15) is 5.11 Å². The highest BCUT2D eigenvalue weighted by Gasteiger charge is 2.24. The first-order valence-corrected chi connectivity index (χ1v) is 7.33. The molecule has 1 N–H and O–H groups in total. The zero-order valence-electron chi connectivity index (χ0n) is 7.65. The predicted molar refractivity (Wildman–Crippen MR) is 65.1 cm³/mol. The Hall–Kier alpha value is 0.450. The van der Waals surface area contributed by atoms with Crippen molar-refractivity contribution in [3.63, 3.8) is 0 Å². The van der Waals surface area contributed by atoms with Crippen molar-refractivity contribution in [3.05, 3.63) is 17.0 Å². The zero-order valence-corrected chi connectivity index (χ0v) is 10.9. The Morgan fingerprint density at radius 3 is 3.29 bits per heavy atom. The van der Waals surface area contributed by atoms with Crippen molar-refractivity contribution in [3.8, 4) is 0 Å². The van der Waals surface area contributed by atoms with Crippen LogP contribution in [0.1, 0.15) is 18.1 Å². The van der Waals surface area contributed by atoms with Crippen molar-refractivity contribution in [1.29, 1.82) is 0 Å². The van der Waals surface area contributed by atoms with E-state index in [1.165, 1.54) is 4.21 Å². The summed E-state index contributed by atoms with van der Waals surface area (Å²) < 4.78 is 3.49. The molecule has 0 aliphatic carbocycles. The Bertz CT molecular complexity index is 305. The van der Waals surface area contributed by atoms with E-state index in [0.717, 1.165) is 30.4 Å². The molecule has 14 heavy (non-hydrogen) atoms. The SMILES string of the molecule is OC1CN(CCCBr)Sc2sccc21. The minimum absolute atomic E-state index is 0.298. The van der Waals surface area contributed by atoms with Crippen LogP contribution in [0.25, 0.3) is 0 Å². The van der Waals surface area contributed by atoms with E-state index in [1.807, 2.05) is 6.07 Å². The maximum atomic E-state index is 9.86. The van der Waals surface area contributed by atoms with Crippen LogP contribution in [0.5, 0.6) is 0 Å². The number of aliphatic hydroxyl groups excluding tert-OH is 1. The summed E-state index contributed by atoms with van der Waals surface area (Å²) in [5, 5.41) is 12.9. The average Bonchev–Trinajstić information content (AvgIpc) is 2.63. The number of thiophene rings is 1. The third-order valence-electron chi connectivity index (χ3n) is 2.15. The average molecular weight is 294 g/mol. The molecule has 0 saturated heterocycles. The molecular weight excluding hydrogens is 282 g/mol. The van der Waals surface area contributed by atoms with Crippen LogP contribution < -0.4 is 0 Å². The third kappa shape index (κ3) is 2.33. The van der Waals surface area contributed by atoms with Crippen molar-refractivity contribution < 1.29 is 5.11 Å². The van der Waals surface area contributed by atoms with Gasteiger partial charge in [-0.25, -0.2) is 4.31 Å². The number of β-amino-alcohol motifs (C(OH)–C–C–N with tert-alkyl or cyclic N) is 1. The summed E-state index contributed by atoms with van der Waals surface area (Å²) in [5.74, 6) is 0. The van der Waals surface area contributed by atoms with Gasteiger partial charge in [0.2, 0.25) is 0 Å². The molecule has 0 saturated carbocycles. The first-order chi connectivity index (χ1) is 6.81. The van der Waals surface area contributed by atoms with Gasteiger partial charge >= 0.3 is 0 Å². The van der Waals surface area contributed by atoms with Crippen LogP contribution in [0.4, 0.5) is 0 Å². The van der Waals surface area contributed by atoms with Crippen LogP contribution in [0.3, 0.4) is 0 Å². The van der Waals surface area contributed by atoms with E-state index in [4.69, 9.17) is 0 Å². The van der Waals surface area contributed by atoms with Gasteiger partial charge in [0.1, 0.15) is 0 Å². The molecule has 0 fully saturated rings. The zero-order chi connectivity index (χ0) is 9.97. The highest BCUT2D eigenvalue weighted by Crippen LogP contribution is 2.40. The molecule has 2 nitrogen and oxygen atoms in total. The summed E-state index contributed by atoms with van der Waals surface area (Å²) in [7, 11) is 0. The molecule has 2 rings (SSSR count). The summed E-state index contributed by atoms with van der Waals surface area (Å²) in [6.07, 6.45) is 0.827. The van der Waals surface area contributed by atoms with Gasteiger partial charge in [0.25, 0.3) is 0 Å². The van der Waals surface area contributed by atoms with Gasteiger partial charge in [-0.2, -0.15) is 0 Å². The van der Waals surface area contributed by atoms with Gasteiger partial charge in [-0.3, -0.25) is 0 Å². The van der Waals surface area contributed by atoms with Crippen molar-refractivity contribution in [2.45, 2.75) is 16.7 Å². The fourth-order valence-electron chi connectivity index (χ4n) is 1.45. The number of hydrogen-bond acceptors (Lipinski definition) is 4. The summed E-state index contributed by atoms with van der Waals surface area (Å²) in [5.41, 5.74) is 1.11. The second-order valence-corrected chi connectivity index (χ2v) is 6.28. The molecule has 0 radical (unpaired) electrons. The Balaban J connectivity index is 2.02. The summed E-state index contributed by atoms with van der Waals surface area (Å²) in [6.45, 7) is 1.78. The van der Waals surface area contributed by atoms with Crippen molar-refractivity contribution in [2.75, 3.05) is 18.4 Å². The molecule has 1 aromatic heterocycles. The lowest BCUT2D eigenvalue weighted by Crippen LogP contribution is -2.27.